The van der Waals surface area contributed by atoms with Gasteiger partial charge in [0.05, 0.1) is 0 Å². The van der Waals surface area contributed by atoms with E-state index in [9.17, 15) is 4.79 Å². The van der Waals surface area contributed by atoms with Gasteiger partial charge in [-0.25, -0.2) is 4.99 Å². The number of hydrogen-bond acceptors (Lipinski definition) is 2. The molecule has 2 saturated carbocycles. The number of rotatable bonds is 4. The molecule has 0 heterocycles. The summed E-state index contributed by atoms with van der Waals surface area (Å²) in [5.74, 6) is 0.509. The largest absolute Gasteiger partial charge is 0.370 e. The number of likely N-dealkylation sites (N-methyl/N-ethyl adjacent to an activating group) is 1. The maximum atomic E-state index is 12.2. The van der Waals surface area contributed by atoms with Gasteiger partial charge in [0.1, 0.15) is 6.54 Å². The molecule has 22 heavy (non-hydrogen) atoms. The lowest BCUT2D eigenvalue weighted by atomic mass is 9.94. The van der Waals surface area contributed by atoms with E-state index in [1.165, 1.54) is 44.9 Å². The van der Waals surface area contributed by atoms with E-state index >= 15 is 0 Å². The minimum atomic E-state index is 0.0810. The molecule has 3 N–H and O–H groups in total. The van der Waals surface area contributed by atoms with Crippen LogP contribution >= 0.6 is 0 Å². The van der Waals surface area contributed by atoms with Crippen molar-refractivity contribution in [3.05, 3.63) is 0 Å². The van der Waals surface area contributed by atoms with Gasteiger partial charge in [-0.2, -0.15) is 0 Å². The summed E-state index contributed by atoms with van der Waals surface area (Å²) in [6.45, 7) is 0.165. The van der Waals surface area contributed by atoms with Crippen LogP contribution in [-0.2, 0) is 4.79 Å². The van der Waals surface area contributed by atoms with E-state index in [2.05, 4.69) is 10.3 Å². The van der Waals surface area contributed by atoms with Crippen LogP contribution in [0, 0.1) is 0 Å². The highest BCUT2D eigenvalue weighted by Gasteiger charge is 2.21. The second-order valence-electron chi connectivity index (χ2n) is 6.83. The van der Waals surface area contributed by atoms with Gasteiger partial charge in [0.2, 0.25) is 5.91 Å². The maximum absolute atomic E-state index is 12.2. The Hall–Kier alpha value is -1.26. The molecule has 0 spiro atoms. The highest BCUT2D eigenvalue weighted by molar-refractivity contribution is 5.84. The molecule has 2 aliphatic rings. The second-order valence-corrected chi connectivity index (χ2v) is 6.83. The number of nitrogens with two attached hydrogens (primary N) is 1. The van der Waals surface area contributed by atoms with Crippen molar-refractivity contribution >= 4 is 11.9 Å². The Balaban J connectivity index is 1.75. The quantitative estimate of drug-likeness (QED) is 0.476. The third kappa shape index (κ3) is 5.50. The molecule has 2 fully saturated rings. The molecule has 0 unspecified atom stereocenters. The summed E-state index contributed by atoms with van der Waals surface area (Å²) >= 11 is 0. The predicted molar refractivity (Wildman–Crippen MR) is 90.8 cm³/mol. The van der Waals surface area contributed by atoms with Crippen LogP contribution in [0.1, 0.15) is 70.6 Å². The highest BCUT2D eigenvalue weighted by atomic mass is 16.2. The zero-order chi connectivity index (χ0) is 15.8. The van der Waals surface area contributed by atoms with Crippen molar-refractivity contribution < 1.29 is 4.79 Å². The van der Waals surface area contributed by atoms with Crippen LogP contribution in [-0.4, -0.2) is 42.4 Å². The molecule has 5 nitrogen and oxygen atoms in total. The Morgan fingerprint density at radius 1 is 1.05 bits per heavy atom. The highest BCUT2D eigenvalue weighted by Crippen LogP contribution is 2.21. The van der Waals surface area contributed by atoms with Gasteiger partial charge in [-0.15, -0.1) is 0 Å². The molecule has 0 saturated heterocycles. The standard InChI is InChI=1S/C17H32N4O/c1-21(15-11-7-4-8-12-15)16(22)13-19-17(18)20-14-9-5-2-3-6-10-14/h14-15H,2-13H2,1H3,(H3,18,19,20). The maximum Gasteiger partial charge on any atom is 0.244 e. The fourth-order valence-electron chi connectivity index (χ4n) is 3.61. The van der Waals surface area contributed by atoms with Crippen LogP contribution in [0.15, 0.2) is 4.99 Å². The van der Waals surface area contributed by atoms with Gasteiger partial charge >= 0.3 is 0 Å². The molecule has 0 radical (unpaired) electrons. The molecule has 126 valence electrons. The third-order valence-corrected chi connectivity index (χ3v) is 5.11. The van der Waals surface area contributed by atoms with E-state index in [1.54, 1.807) is 0 Å². The van der Waals surface area contributed by atoms with Crippen molar-refractivity contribution in [2.45, 2.75) is 82.7 Å². The van der Waals surface area contributed by atoms with Crippen molar-refractivity contribution in [3.63, 3.8) is 0 Å². The normalized spacial score (nSPS) is 22.1. The van der Waals surface area contributed by atoms with Crippen LogP contribution in [0.3, 0.4) is 0 Å². The fourth-order valence-corrected chi connectivity index (χ4v) is 3.61. The summed E-state index contributed by atoms with van der Waals surface area (Å²) in [6.07, 6.45) is 13.5. The van der Waals surface area contributed by atoms with Gasteiger partial charge in [0.25, 0.3) is 0 Å². The molecule has 0 aromatic carbocycles. The van der Waals surface area contributed by atoms with Crippen LogP contribution in [0.4, 0.5) is 0 Å². The average molecular weight is 308 g/mol. The Labute approximate surface area is 134 Å². The molecular formula is C17H32N4O. The lowest BCUT2D eigenvalue weighted by molar-refractivity contribution is -0.130. The number of carbonyl (C=O) groups excluding carboxylic acids is 1. The first-order chi connectivity index (χ1) is 10.7. The van der Waals surface area contributed by atoms with Gasteiger partial charge < -0.3 is 16.0 Å². The first-order valence-electron chi connectivity index (χ1n) is 8.99. The monoisotopic (exact) mass is 308 g/mol. The Bertz CT molecular complexity index is 369. The average Bonchev–Trinajstić information content (AvgIpc) is 2.81. The molecule has 2 rings (SSSR count). The summed E-state index contributed by atoms with van der Waals surface area (Å²) in [4.78, 5) is 18.4. The fraction of sp³-hybridized carbons (Fsp3) is 0.882. The van der Waals surface area contributed by atoms with E-state index in [0.29, 0.717) is 18.0 Å². The van der Waals surface area contributed by atoms with E-state index in [-0.39, 0.29) is 12.5 Å². The smallest absolute Gasteiger partial charge is 0.244 e. The van der Waals surface area contributed by atoms with E-state index < -0.39 is 0 Å². The second kappa shape index (κ2) is 9.01. The third-order valence-electron chi connectivity index (χ3n) is 5.11. The van der Waals surface area contributed by atoms with Crippen LogP contribution < -0.4 is 11.1 Å². The predicted octanol–water partition coefficient (Wildman–Crippen LogP) is 2.40. The van der Waals surface area contributed by atoms with Gasteiger partial charge in [-0.3, -0.25) is 4.79 Å². The molecule has 5 heteroatoms. The summed E-state index contributed by atoms with van der Waals surface area (Å²) in [6, 6.07) is 0.824. The molecule has 0 aromatic heterocycles. The molecule has 2 aliphatic carbocycles. The Morgan fingerprint density at radius 3 is 2.23 bits per heavy atom. The molecule has 0 bridgehead atoms. The number of hydrogen-bond donors (Lipinski definition) is 2. The molecular weight excluding hydrogens is 276 g/mol. The lowest BCUT2D eigenvalue weighted by Crippen LogP contribution is -2.42. The summed E-state index contributed by atoms with van der Waals surface area (Å²) in [5, 5.41) is 3.29. The molecule has 0 atom stereocenters. The van der Waals surface area contributed by atoms with Crippen LogP contribution in [0.5, 0.6) is 0 Å². The number of guanidine groups is 1. The van der Waals surface area contributed by atoms with Gasteiger partial charge in [-0.1, -0.05) is 44.9 Å². The van der Waals surface area contributed by atoms with Crippen LogP contribution in [0.2, 0.25) is 0 Å². The van der Waals surface area contributed by atoms with Crippen molar-refractivity contribution in [2.24, 2.45) is 10.7 Å². The number of carbonyl (C=O) groups is 1. The van der Waals surface area contributed by atoms with Gasteiger partial charge in [0, 0.05) is 19.1 Å². The van der Waals surface area contributed by atoms with E-state index in [4.69, 9.17) is 5.73 Å². The number of nitrogens with zero attached hydrogens (tertiary/aromatic N) is 2. The minimum Gasteiger partial charge on any atom is -0.370 e. The zero-order valence-corrected chi connectivity index (χ0v) is 14.0. The van der Waals surface area contributed by atoms with E-state index in [0.717, 1.165) is 25.7 Å². The Morgan fingerprint density at radius 2 is 1.59 bits per heavy atom. The van der Waals surface area contributed by atoms with Crippen molar-refractivity contribution in [1.29, 1.82) is 0 Å². The lowest BCUT2D eigenvalue weighted by Gasteiger charge is -2.30. The minimum absolute atomic E-state index is 0.0810. The summed E-state index contributed by atoms with van der Waals surface area (Å²) < 4.78 is 0. The van der Waals surface area contributed by atoms with Crippen molar-refractivity contribution in [1.82, 2.24) is 10.2 Å². The van der Waals surface area contributed by atoms with Gasteiger partial charge in [-0.05, 0) is 25.7 Å². The Kier molecular flexibility index (Phi) is 7.00. The zero-order valence-electron chi connectivity index (χ0n) is 14.0. The molecule has 1 amide bonds. The number of amides is 1. The van der Waals surface area contributed by atoms with Gasteiger partial charge in [0.15, 0.2) is 5.96 Å². The summed E-state index contributed by atoms with van der Waals surface area (Å²) in [5.41, 5.74) is 5.95. The van der Waals surface area contributed by atoms with E-state index in [1.807, 2.05) is 11.9 Å². The van der Waals surface area contributed by atoms with Crippen LogP contribution in [0.25, 0.3) is 0 Å². The van der Waals surface area contributed by atoms with Crippen molar-refractivity contribution in [2.75, 3.05) is 13.6 Å². The molecule has 0 aromatic rings. The summed E-state index contributed by atoms with van der Waals surface area (Å²) in [7, 11) is 1.91. The number of aliphatic imine (C=N–C) groups is 1. The van der Waals surface area contributed by atoms with Crippen molar-refractivity contribution in [3.8, 4) is 0 Å². The molecule has 0 aliphatic heterocycles. The first-order valence-corrected chi connectivity index (χ1v) is 8.99. The topological polar surface area (TPSA) is 70.7 Å². The number of nitrogens with one attached hydrogen (secondary N) is 1. The first kappa shape index (κ1) is 17.1. The SMILES string of the molecule is CN(C(=O)CN=C(N)NC1CCCCCC1)C1CCCCC1.